The first-order valence-corrected chi connectivity index (χ1v) is 5.29. The van der Waals surface area contributed by atoms with Crippen LogP contribution in [-0.4, -0.2) is 12.4 Å². The van der Waals surface area contributed by atoms with Crippen LogP contribution < -0.4 is 17.4 Å². The highest BCUT2D eigenvalue weighted by Crippen LogP contribution is 2.35. The molecule has 0 amide bonds. The van der Waals surface area contributed by atoms with E-state index >= 15 is 0 Å². The van der Waals surface area contributed by atoms with Crippen molar-refractivity contribution in [2.75, 3.05) is 12.3 Å². The predicted octanol–water partition coefficient (Wildman–Crippen LogP) is 0.299. The lowest BCUT2D eigenvalue weighted by Gasteiger charge is -2.31. The van der Waals surface area contributed by atoms with Gasteiger partial charge in [0.05, 0.1) is 0 Å². The highest BCUT2D eigenvalue weighted by molar-refractivity contribution is 5.93. The second-order valence-electron chi connectivity index (χ2n) is 4.12. The number of benzene rings is 1. The van der Waals surface area contributed by atoms with Crippen LogP contribution in [0.5, 0.6) is 0 Å². The van der Waals surface area contributed by atoms with Gasteiger partial charge in [0.1, 0.15) is 12.1 Å². The summed E-state index contributed by atoms with van der Waals surface area (Å²) in [5.74, 6) is 4.67. The fourth-order valence-corrected chi connectivity index (χ4v) is 2.10. The molecule has 6 N–H and O–H groups in total. The van der Waals surface area contributed by atoms with Crippen LogP contribution >= 0.6 is 0 Å². The van der Waals surface area contributed by atoms with E-state index in [2.05, 4.69) is 4.84 Å². The molecule has 1 atom stereocenters. The van der Waals surface area contributed by atoms with Gasteiger partial charge in [0, 0.05) is 11.3 Å². The number of hydrogen-bond acceptors (Lipinski definition) is 5. The topological polar surface area (TPSA) is 104 Å². The van der Waals surface area contributed by atoms with E-state index < -0.39 is 5.54 Å². The van der Waals surface area contributed by atoms with Gasteiger partial charge in [-0.1, -0.05) is 24.3 Å². The van der Waals surface area contributed by atoms with Crippen molar-refractivity contribution in [3.63, 3.8) is 0 Å². The monoisotopic (exact) mass is 233 g/mol. The van der Waals surface area contributed by atoms with Gasteiger partial charge in [-0.15, -0.1) is 0 Å². The minimum atomic E-state index is -1.10. The predicted molar refractivity (Wildman–Crippen MR) is 65.5 cm³/mol. The van der Waals surface area contributed by atoms with Gasteiger partial charge in [-0.2, -0.15) is 0 Å². The maximum atomic E-state index is 12.0. The quantitative estimate of drug-likeness (QED) is 0.514. The van der Waals surface area contributed by atoms with Crippen LogP contribution in [0.2, 0.25) is 0 Å². The Bertz CT molecular complexity index is 485. The highest BCUT2D eigenvalue weighted by Gasteiger charge is 2.38. The van der Waals surface area contributed by atoms with Gasteiger partial charge in [-0.3, -0.25) is 9.63 Å². The number of anilines is 1. The van der Waals surface area contributed by atoms with Crippen molar-refractivity contribution < 1.29 is 9.63 Å². The van der Waals surface area contributed by atoms with E-state index in [1.165, 1.54) is 0 Å². The first-order chi connectivity index (χ1) is 8.09. The molecule has 0 radical (unpaired) electrons. The number of ketones is 1. The van der Waals surface area contributed by atoms with Crippen LogP contribution in [0.4, 0.5) is 5.69 Å². The van der Waals surface area contributed by atoms with Crippen molar-refractivity contribution in [1.82, 2.24) is 0 Å². The summed E-state index contributed by atoms with van der Waals surface area (Å²) in [6.07, 6.45) is 4.14. The molecule has 1 aromatic rings. The highest BCUT2D eigenvalue weighted by atomic mass is 16.6. The number of rotatable bonds is 3. The summed E-state index contributed by atoms with van der Waals surface area (Å²) >= 11 is 0. The maximum absolute atomic E-state index is 12.0. The average Bonchev–Trinajstić information content (AvgIpc) is 2.31. The summed E-state index contributed by atoms with van der Waals surface area (Å²) in [5.41, 5.74) is 13.1. The molecule has 0 bridgehead atoms. The molecule has 1 unspecified atom stereocenters. The van der Waals surface area contributed by atoms with Gasteiger partial charge < -0.3 is 11.5 Å². The van der Waals surface area contributed by atoms with E-state index in [1.807, 2.05) is 18.2 Å². The molecule has 17 heavy (non-hydrogen) atoms. The largest absolute Gasteiger partial charge is 0.398 e. The molecule has 0 saturated heterocycles. The summed E-state index contributed by atoms with van der Waals surface area (Å²) in [4.78, 5) is 16.4. The number of Topliss-reactive ketones (excluding diaryl/α,β-unsaturated/α-hetero) is 1. The van der Waals surface area contributed by atoms with Gasteiger partial charge in [0.25, 0.3) is 0 Å². The molecular formula is C12H15N3O2. The normalized spacial score (nSPS) is 22.2. The summed E-state index contributed by atoms with van der Waals surface area (Å²) in [6, 6.07) is 5.37. The van der Waals surface area contributed by atoms with Crippen LogP contribution in [-0.2, 0) is 15.2 Å². The average molecular weight is 233 g/mol. The minimum absolute atomic E-state index is 0.210. The summed E-state index contributed by atoms with van der Waals surface area (Å²) < 4.78 is 0. The van der Waals surface area contributed by atoms with Gasteiger partial charge in [0.15, 0.2) is 5.78 Å². The molecule has 0 fully saturated rings. The molecule has 0 aromatic heterocycles. The van der Waals surface area contributed by atoms with E-state index in [1.54, 1.807) is 12.1 Å². The third kappa shape index (κ3) is 1.84. The first-order valence-electron chi connectivity index (χ1n) is 5.29. The maximum Gasteiger partial charge on any atom is 0.185 e. The third-order valence-corrected chi connectivity index (χ3v) is 3.06. The Hall–Kier alpha value is -1.69. The van der Waals surface area contributed by atoms with E-state index in [9.17, 15) is 4.79 Å². The van der Waals surface area contributed by atoms with Crippen LogP contribution in [0, 0.1) is 0 Å². The fraction of sp³-hybridized carbons (Fsp3) is 0.250. The second kappa shape index (κ2) is 4.29. The molecule has 0 aliphatic heterocycles. The summed E-state index contributed by atoms with van der Waals surface area (Å²) in [5, 5.41) is 0. The van der Waals surface area contributed by atoms with E-state index in [-0.39, 0.29) is 12.4 Å². The van der Waals surface area contributed by atoms with E-state index in [4.69, 9.17) is 17.4 Å². The molecule has 1 aromatic carbocycles. The SMILES string of the molecule is NOCC(=O)C1(N)CC=Cc2c(N)cccc21. The van der Waals surface area contributed by atoms with Crippen LogP contribution in [0.15, 0.2) is 24.3 Å². The number of fused-ring (bicyclic) bond motifs is 1. The Balaban J connectivity index is 2.51. The Kier molecular flexibility index (Phi) is 2.97. The lowest BCUT2D eigenvalue weighted by atomic mass is 9.77. The second-order valence-corrected chi connectivity index (χ2v) is 4.12. The zero-order valence-corrected chi connectivity index (χ0v) is 9.35. The lowest BCUT2D eigenvalue weighted by Crippen LogP contribution is -2.48. The van der Waals surface area contributed by atoms with Crippen molar-refractivity contribution in [2.45, 2.75) is 12.0 Å². The number of nitrogens with two attached hydrogens (primary N) is 3. The van der Waals surface area contributed by atoms with Crippen molar-refractivity contribution >= 4 is 17.5 Å². The first kappa shape index (κ1) is 11.8. The lowest BCUT2D eigenvalue weighted by molar-refractivity contribution is -0.129. The van der Waals surface area contributed by atoms with Crippen LogP contribution in [0.25, 0.3) is 6.08 Å². The Morgan fingerprint density at radius 1 is 1.47 bits per heavy atom. The Labute approximate surface area is 99.2 Å². The van der Waals surface area contributed by atoms with E-state index in [0.717, 1.165) is 11.1 Å². The third-order valence-electron chi connectivity index (χ3n) is 3.06. The molecule has 2 rings (SSSR count). The van der Waals surface area contributed by atoms with Gasteiger partial charge in [0.2, 0.25) is 0 Å². The Morgan fingerprint density at radius 2 is 2.24 bits per heavy atom. The van der Waals surface area contributed by atoms with Crippen LogP contribution in [0.1, 0.15) is 17.5 Å². The van der Waals surface area contributed by atoms with Gasteiger partial charge in [-0.05, 0) is 18.1 Å². The molecule has 0 spiro atoms. The van der Waals surface area contributed by atoms with Gasteiger partial charge in [-0.25, -0.2) is 5.90 Å². The number of carbonyl (C=O) groups excluding carboxylic acids is 1. The fourth-order valence-electron chi connectivity index (χ4n) is 2.10. The zero-order valence-electron chi connectivity index (χ0n) is 9.35. The molecular weight excluding hydrogens is 218 g/mol. The molecule has 5 nitrogen and oxygen atoms in total. The van der Waals surface area contributed by atoms with Crippen LogP contribution in [0.3, 0.4) is 0 Å². The summed E-state index contributed by atoms with van der Waals surface area (Å²) in [6.45, 7) is -0.210. The minimum Gasteiger partial charge on any atom is -0.398 e. The summed E-state index contributed by atoms with van der Waals surface area (Å²) in [7, 11) is 0. The van der Waals surface area contributed by atoms with Crippen molar-refractivity contribution in [3.8, 4) is 0 Å². The number of hydrogen-bond donors (Lipinski definition) is 3. The standard InChI is InChI=1S/C12H15N3O2/c13-10-5-1-4-9-8(10)3-2-6-12(9,14)11(16)7-17-15/h1-5H,6-7,13-15H2. The molecule has 0 heterocycles. The molecule has 90 valence electrons. The smallest absolute Gasteiger partial charge is 0.185 e. The van der Waals surface area contributed by atoms with Crippen molar-refractivity contribution in [2.24, 2.45) is 11.6 Å². The Morgan fingerprint density at radius 3 is 2.94 bits per heavy atom. The molecule has 5 heteroatoms. The van der Waals surface area contributed by atoms with Crippen molar-refractivity contribution in [1.29, 1.82) is 0 Å². The van der Waals surface area contributed by atoms with Crippen molar-refractivity contribution in [3.05, 3.63) is 35.4 Å². The number of carbonyl (C=O) groups is 1. The van der Waals surface area contributed by atoms with Gasteiger partial charge >= 0.3 is 0 Å². The van der Waals surface area contributed by atoms with E-state index in [0.29, 0.717) is 12.1 Å². The molecule has 0 saturated carbocycles. The number of nitrogen functional groups attached to an aromatic ring is 1. The molecule has 1 aliphatic rings. The molecule has 1 aliphatic carbocycles. The zero-order chi connectivity index (χ0) is 12.5.